The van der Waals surface area contributed by atoms with Gasteiger partial charge in [-0.15, -0.1) is 0 Å². The predicted octanol–water partition coefficient (Wildman–Crippen LogP) is 5.07. The highest BCUT2D eigenvalue weighted by Crippen LogP contribution is 2.23. The molecule has 0 aromatic heterocycles. The van der Waals surface area contributed by atoms with E-state index in [0.29, 0.717) is 0 Å². The highest BCUT2D eigenvalue weighted by Gasteiger charge is 2.25. The molecule has 1 nitrogen and oxygen atoms in total. The fraction of sp³-hybridized carbons (Fsp3) is 1.00. The monoisotopic (exact) mass is 243 g/mol. The summed E-state index contributed by atoms with van der Waals surface area (Å²) < 4.78 is 0. The molecule has 0 aromatic rings. The Balaban J connectivity index is 3.86. The zero-order valence-corrected chi connectivity index (χ0v) is 12.9. The van der Waals surface area contributed by atoms with Crippen LogP contribution in [0.1, 0.15) is 72.1 Å². The summed E-state index contributed by atoms with van der Waals surface area (Å²) in [6.45, 7) is 6.85. The predicted molar refractivity (Wildman–Crippen MR) is 78.3 cm³/mol. The summed E-state index contributed by atoms with van der Waals surface area (Å²) in [6.07, 6.45) is 10.9. The molecule has 0 saturated heterocycles. The van der Waals surface area contributed by atoms with Crippen LogP contribution in [0.2, 0.25) is 18.1 Å². The molecule has 0 bridgehead atoms. The third-order valence-electron chi connectivity index (χ3n) is 3.58. The highest BCUT2D eigenvalue weighted by molar-refractivity contribution is 6.76. The SMILES string of the molecule is CCCCCC[Si](N)(CCCC)CCCC. The molecule has 0 radical (unpaired) electrons. The average molecular weight is 244 g/mol. The van der Waals surface area contributed by atoms with Crippen molar-refractivity contribution in [3.8, 4) is 0 Å². The molecule has 0 amide bonds. The maximum atomic E-state index is 6.69. The van der Waals surface area contributed by atoms with Crippen LogP contribution in [0, 0.1) is 0 Å². The molecule has 98 valence electrons. The second-order valence-corrected chi connectivity index (χ2v) is 9.60. The molecule has 16 heavy (non-hydrogen) atoms. The first-order valence-corrected chi connectivity index (χ1v) is 10.2. The Bertz CT molecular complexity index is 140. The van der Waals surface area contributed by atoms with Crippen molar-refractivity contribution in [3.05, 3.63) is 0 Å². The fourth-order valence-electron chi connectivity index (χ4n) is 2.34. The van der Waals surface area contributed by atoms with Gasteiger partial charge in [-0.25, -0.2) is 0 Å². The van der Waals surface area contributed by atoms with Crippen LogP contribution in [-0.4, -0.2) is 8.24 Å². The van der Waals surface area contributed by atoms with Crippen molar-refractivity contribution in [2.24, 2.45) is 5.40 Å². The van der Waals surface area contributed by atoms with E-state index in [0.717, 1.165) is 0 Å². The van der Waals surface area contributed by atoms with E-state index in [1.54, 1.807) is 0 Å². The van der Waals surface area contributed by atoms with Gasteiger partial charge in [-0.05, 0) is 18.1 Å². The molecule has 2 heteroatoms. The minimum Gasteiger partial charge on any atom is -0.351 e. The summed E-state index contributed by atoms with van der Waals surface area (Å²) in [5.41, 5.74) is 0. The van der Waals surface area contributed by atoms with Gasteiger partial charge in [0.15, 0.2) is 0 Å². The standard InChI is InChI=1S/C14H33NSi/c1-4-7-10-11-14-16(15,12-8-5-2)13-9-6-3/h4-15H2,1-3H3. The molecule has 0 atom stereocenters. The number of rotatable bonds is 11. The van der Waals surface area contributed by atoms with Gasteiger partial charge in [-0.2, -0.15) is 0 Å². The Morgan fingerprint density at radius 1 is 0.625 bits per heavy atom. The molecule has 0 aliphatic carbocycles. The molecule has 0 heterocycles. The van der Waals surface area contributed by atoms with Crippen molar-refractivity contribution in [1.29, 1.82) is 0 Å². The number of nitrogens with two attached hydrogens (primary N) is 1. The van der Waals surface area contributed by atoms with E-state index >= 15 is 0 Å². The quantitative estimate of drug-likeness (QED) is 0.398. The smallest absolute Gasteiger partial charge is 0.123 e. The van der Waals surface area contributed by atoms with Crippen LogP contribution < -0.4 is 5.40 Å². The van der Waals surface area contributed by atoms with Crippen molar-refractivity contribution in [1.82, 2.24) is 0 Å². The molecule has 0 aliphatic rings. The van der Waals surface area contributed by atoms with Gasteiger partial charge < -0.3 is 5.40 Å². The van der Waals surface area contributed by atoms with Crippen molar-refractivity contribution >= 4 is 8.24 Å². The second-order valence-electron chi connectivity index (χ2n) is 5.38. The lowest BCUT2D eigenvalue weighted by Gasteiger charge is -2.27. The van der Waals surface area contributed by atoms with Gasteiger partial charge in [0.25, 0.3) is 0 Å². The second kappa shape index (κ2) is 10.3. The lowest BCUT2D eigenvalue weighted by Crippen LogP contribution is -2.45. The minimum atomic E-state index is -1.34. The molecule has 0 saturated carbocycles. The van der Waals surface area contributed by atoms with E-state index in [9.17, 15) is 0 Å². The molecule has 0 aliphatic heterocycles. The van der Waals surface area contributed by atoms with Crippen LogP contribution in [0.3, 0.4) is 0 Å². The molecular weight excluding hydrogens is 210 g/mol. The molecule has 0 spiro atoms. The van der Waals surface area contributed by atoms with Crippen LogP contribution in [-0.2, 0) is 0 Å². The Hall–Kier alpha value is 0.177. The van der Waals surface area contributed by atoms with E-state index in [-0.39, 0.29) is 0 Å². The topological polar surface area (TPSA) is 26.0 Å². The lowest BCUT2D eigenvalue weighted by molar-refractivity contribution is 0.689. The summed E-state index contributed by atoms with van der Waals surface area (Å²) in [5, 5.41) is 6.69. The summed E-state index contributed by atoms with van der Waals surface area (Å²) in [6, 6.07) is 4.12. The van der Waals surface area contributed by atoms with Gasteiger partial charge >= 0.3 is 0 Å². The zero-order chi connectivity index (χ0) is 12.3. The van der Waals surface area contributed by atoms with Crippen LogP contribution in [0.15, 0.2) is 0 Å². The van der Waals surface area contributed by atoms with Gasteiger partial charge in [-0.3, -0.25) is 0 Å². The van der Waals surface area contributed by atoms with Crippen LogP contribution in [0.25, 0.3) is 0 Å². The first-order valence-electron chi connectivity index (χ1n) is 7.47. The maximum absolute atomic E-state index is 6.69. The zero-order valence-electron chi connectivity index (χ0n) is 11.9. The summed E-state index contributed by atoms with van der Waals surface area (Å²) in [4.78, 5) is 0. The van der Waals surface area contributed by atoms with Crippen molar-refractivity contribution in [2.45, 2.75) is 90.3 Å². The largest absolute Gasteiger partial charge is 0.351 e. The van der Waals surface area contributed by atoms with E-state index in [1.165, 1.54) is 69.5 Å². The maximum Gasteiger partial charge on any atom is 0.123 e. The van der Waals surface area contributed by atoms with E-state index < -0.39 is 8.24 Å². The van der Waals surface area contributed by atoms with Crippen LogP contribution in [0.5, 0.6) is 0 Å². The van der Waals surface area contributed by atoms with E-state index in [1.807, 2.05) is 0 Å². The number of hydrogen-bond acceptors (Lipinski definition) is 1. The third kappa shape index (κ3) is 8.34. The first-order chi connectivity index (χ1) is 7.68. The average Bonchev–Trinajstić information content (AvgIpc) is 2.30. The van der Waals surface area contributed by atoms with E-state index in [4.69, 9.17) is 5.40 Å². The molecule has 0 rings (SSSR count). The van der Waals surface area contributed by atoms with Gasteiger partial charge in [0.2, 0.25) is 0 Å². The molecule has 0 fully saturated rings. The van der Waals surface area contributed by atoms with Crippen LogP contribution >= 0.6 is 0 Å². The van der Waals surface area contributed by atoms with Crippen molar-refractivity contribution in [2.75, 3.05) is 0 Å². The van der Waals surface area contributed by atoms with E-state index in [2.05, 4.69) is 20.8 Å². The Labute approximate surface area is 104 Å². The Kier molecular flexibility index (Phi) is 10.5. The van der Waals surface area contributed by atoms with Gasteiger partial charge in [0.1, 0.15) is 8.24 Å². The first kappa shape index (κ1) is 16.2. The Morgan fingerprint density at radius 3 is 1.50 bits per heavy atom. The molecule has 0 unspecified atom stereocenters. The normalized spacial score (nSPS) is 12.0. The highest BCUT2D eigenvalue weighted by atomic mass is 28.3. The molecule has 0 aromatic carbocycles. The van der Waals surface area contributed by atoms with Crippen molar-refractivity contribution in [3.63, 3.8) is 0 Å². The van der Waals surface area contributed by atoms with Crippen LogP contribution in [0.4, 0.5) is 0 Å². The van der Waals surface area contributed by atoms with Gasteiger partial charge in [-0.1, -0.05) is 72.1 Å². The Morgan fingerprint density at radius 2 is 1.06 bits per heavy atom. The minimum absolute atomic E-state index is 1.31. The fourth-order valence-corrected chi connectivity index (χ4v) is 6.16. The third-order valence-corrected chi connectivity index (χ3v) is 7.63. The van der Waals surface area contributed by atoms with Gasteiger partial charge in [0, 0.05) is 0 Å². The summed E-state index contributed by atoms with van der Waals surface area (Å²) >= 11 is 0. The van der Waals surface area contributed by atoms with Crippen molar-refractivity contribution < 1.29 is 0 Å². The summed E-state index contributed by atoms with van der Waals surface area (Å²) in [5.74, 6) is 0. The number of hydrogen-bond donors (Lipinski definition) is 1. The number of unbranched alkanes of at least 4 members (excludes halogenated alkanes) is 5. The lowest BCUT2D eigenvalue weighted by atomic mass is 10.2. The molecular formula is C14H33NSi. The molecule has 2 N–H and O–H groups in total. The summed E-state index contributed by atoms with van der Waals surface area (Å²) in [7, 11) is -1.34. The van der Waals surface area contributed by atoms with Gasteiger partial charge in [0.05, 0.1) is 0 Å².